The summed E-state index contributed by atoms with van der Waals surface area (Å²) in [6.45, 7) is 9.65. The summed E-state index contributed by atoms with van der Waals surface area (Å²) in [6.07, 6.45) is 7.33. The van der Waals surface area contributed by atoms with E-state index in [4.69, 9.17) is 9.97 Å². The zero-order chi connectivity index (χ0) is 24.5. The Morgan fingerprint density at radius 3 is 2.49 bits per heavy atom. The second kappa shape index (κ2) is 9.48. The van der Waals surface area contributed by atoms with E-state index in [2.05, 4.69) is 44.6 Å². The van der Waals surface area contributed by atoms with Crippen LogP contribution in [0.15, 0.2) is 42.9 Å². The van der Waals surface area contributed by atoms with E-state index in [1.807, 2.05) is 19.1 Å². The molecule has 0 saturated carbocycles. The molecule has 2 aliphatic rings. The van der Waals surface area contributed by atoms with E-state index in [-0.39, 0.29) is 11.6 Å². The van der Waals surface area contributed by atoms with Crippen LogP contribution >= 0.6 is 0 Å². The summed E-state index contributed by atoms with van der Waals surface area (Å²) in [4.78, 5) is 36.8. The zero-order valence-corrected chi connectivity index (χ0v) is 20.4. The summed E-state index contributed by atoms with van der Waals surface area (Å²) in [5, 5.41) is 9.26. The molecule has 0 aromatic carbocycles. The number of aromatic nitrogens is 4. The van der Waals surface area contributed by atoms with Crippen LogP contribution in [0.3, 0.4) is 0 Å². The number of hydrogen-bond acceptors (Lipinski definition) is 8. The number of aryl methyl sites for hydroxylation is 1. The first-order valence-electron chi connectivity index (χ1n) is 12.2. The Morgan fingerprint density at radius 1 is 1.03 bits per heavy atom. The van der Waals surface area contributed by atoms with Crippen molar-refractivity contribution in [3.8, 4) is 11.3 Å². The van der Waals surface area contributed by atoms with Crippen molar-refractivity contribution in [2.45, 2.75) is 45.7 Å². The van der Waals surface area contributed by atoms with Gasteiger partial charge in [0.15, 0.2) is 0 Å². The van der Waals surface area contributed by atoms with Crippen molar-refractivity contribution in [3.63, 3.8) is 0 Å². The fourth-order valence-corrected chi connectivity index (χ4v) is 5.10. The lowest BCUT2D eigenvalue weighted by Gasteiger charge is -2.41. The maximum Gasteiger partial charge on any atom is 0.337 e. The SMILES string of the molecule is Cc1cc(C(=O)O)cnc1N1CCN(c2cc(-c3ccncc3)nc(N3CCCC3C)n2)C(C)C1. The Labute approximate surface area is 205 Å². The van der Waals surface area contributed by atoms with E-state index in [0.29, 0.717) is 6.04 Å². The van der Waals surface area contributed by atoms with Gasteiger partial charge in [-0.15, -0.1) is 0 Å². The minimum Gasteiger partial charge on any atom is -0.478 e. The smallest absolute Gasteiger partial charge is 0.337 e. The van der Waals surface area contributed by atoms with Gasteiger partial charge in [-0.05, 0) is 57.4 Å². The van der Waals surface area contributed by atoms with Crippen molar-refractivity contribution in [1.82, 2.24) is 19.9 Å². The summed E-state index contributed by atoms with van der Waals surface area (Å²) < 4.78 is 0. The predicted octanol–water partition coefficient (Wildman–Crippen LogP) is 3.64. The van der Waals surface area contributed by atoms with Gasteiger partial charge >= 0.3 is 5.97 Å². The molecule has 5 heterocycles. The summed E-state index contributed by atoms with van der Waals surface area (Å²) in [6, 6.07) is 8.36. The van der Waals surface area contributed by atoms with E-state index in [9.17, 15) is 9.90 Å². The topological polar surface area (TPSA) is 98.6 Å². The van der Waals surface area contributed by atoms with E-state index in [1.165, 1.54) is 6.20 Å². The van der Waals surface area contributed by atoms with Gasteiger partial charge in [0, 0.05) is 68.5 Å². The van der Waals surface area contributed by atoms with Crippen molar-refractivity contribution >= 4 is 23.6 Å². The summed E-state index contributed by atoms with van der Waals surface area (Å²) in [5.74, 6) is 1.60. The monoisotopic (exact) mass is 473 g/mol. The van der Waals surface area contributed by atoms with Gasteiger partial charge in [0.2, 0.25) is 5.95 Å². The van der Waals surface area contributed by atoms with Crippen molar-refractivity contribution in [3.05, 3.63) is 54.0 Å². The maximum atomic E-state index is 11.3. The molecule has 0 bridgehead atoms. The molecule has 3 aromatic heterocycles. The van der Waals surface area contributed by atoms with Gasteiger partial charge in [-0.1, -0.05) is 0 Å². The first-order valence-corrected chi connectivity index (χ1v) is 12.2. The highest BCUT2D eigenvalue weighted by atomic mass is 16.4. The van der Waals surface area contributed by atoms with Crippen molar-refractivity contribution in [1.29, 1.82) is 0 Å². The van der Waals surface area contributed by atoms with E-state index < -0.39 is 5.97 Å². The average molecular weight is 474 g/mol. The van der Waals surface area contributed by atoms with Gasteiger partial charge in [0.1, 0.15) is 11.6 Å². The fraction of sp³-hybridized carbons (Fsp3) is 0.423. The summed E-state index contributed by atoms with van der Waals surface area (Å²) >= 11 is 0. The van der Waals surface area contributed by atoms with Gasteiger partial charge < -0.3 is 19.8 Å². The quantitative estimate of drug-likeness (QED) is 0.595. The molecule has 9 nitrogen and oxygen atoms in total. The third kappa shape index (κ3) is 4.62. The van der Waals surface area contributed by atoms with Crippen LogP contribution in [-0.4, -0.2) is 69.3 Å². The molecule has 0 radical (unpaired) electrons. The third-order valence-corrected chi connectivity index (χ3v) is 7.01. The molecule has 2 aliphatic heterocycles. The molecule has 2 saturated heterocycles. The van der Waals surface area contributed by atoms with Gasteiger partial charge in [-0.25, -0.2) is 14.8 Å². The Morgan fingerprint density at radius 2 is 1.83 bits per heavy atom. The Kier molecular flexibility index (Phi) is 6.23. The lowest BCUT2D eigenvalue weighted by atomic mass is 10.1. The lowest BCUT2D eigenvalue weighted by molar-refractivity contribution is 0.0696. The van der Waals surface area contributed by atoms with Gasteiger partial charge in [-0.3, -0.25) is 4.98 Å². The maximum absolute atomic E-state index is 11.3. The number of rotatable bonds is 5. The van der Waals surface area contributed by atoms with E-state index >= 15 is 0 Å². The van der Waals surface area contributed by atoms with Gasteiger partial charge in [0.05, 0.1) is 11.3 Å². The number of nitrogens with zero attached hydrogens (tertiary/aromatic N) is 7. The minimum atomic E-state index is -0.956. The number of piperazine rings is 1. The Hall–Kier alpha value is -3.75. The molecule has 2 atom stereocenters. The number of pyridine rings is 2. The number of carbonyl (C=O) groups is 1. The molecule has 1 N–H and O–H groups in total. The van der Waals surface area contributed by atoms with Crippen LogP contribution in [0.1, 0.15) is 42.6 Å². The molecule has 9 heteroatoms. The highest BCUT2D eigenvalue weighted by molar-refractivity contribution is 5.87. The highest BCUT2D eigenvalue weighted by Crippen LogP contribution is 2.31. The highest BCUT2D eigenvalue weighted by Gasteiger charge is 2.29. The summed E-state index contributed by atoms with van der Waals surface area (Å²) in [5.41, 5.74) is 3.02. The first-order chi connectivity index (χ1) is 16.9. The van der Waals surface area contributed by atoms with E-state index in [1.54, 1.807) is 18.5 Å². The molecular formula is C26H31N7O2. The van der Waals surface area contributed by atoms with Crippen LogP contribution in [0.4, 0.5) is 17.6 Å². The number of aromatic carboxylic acids is 1. The van der Waals surface area contributed by atoms with Crippen LogP contribution in [0.25, 0.3) is 11.3 Å². The van der Waals surface area contributed by atoms with Gasteiger partial charge in [-0.2, -0.15) is 4.98 Å². The molecular weight excluding hydrogens is 442 g/mol. The Balaban J connectivity index is 1.43. The molecule has 3 aromatic rings. The van der Waals surface area contributed by atoms with Crippen molar-refractivity contribution in [2.24, 2.45) is 0 Å². The number of carboxylic acid groups (broad SMARTS) is 1. The normalized spacial score (nSPS) is 20.4. The Bertz CT molecular complexity index is 1220. The standard InChI is InChI=1S/C26H31N7O2/c1-17-13-21(25(34)35)15-28-24(17)31-11-12-32(19(3)16-31)23-14-22(20-6-8-27-9-7-20)29-26(30-23)33-10-4-5-18(33)2/h6-9,13-15,18-19H,4-5,10-12,16H2,1-3H3,(H,34,35). The number of carboxylic acids is 1. The second-order valence-corrected chi connectivity index (χ2v) is 9.49. The fourth-order valence-electron chi connectivity index (χ4n) is 5.10. The number of anilines is 3. The van der Waals surface area contributed by atoms with Crippen LogP contribution in [-0.2, 0) is 0 Å². The van der Waals surface area contributed by atoms with Gasteiger partial charge in [0.25, 0.3) is 0 Å². The minimum absolute atomic E-state index is 0.188. The molecule has 35 heavy (non-hydrogen) atoms. The molecule has 0 spiro atoms. The molecule has 2 unspecified atom stereocenters. The second-order valence-electron chi connectivity index (χ2n) is 9.49. The molecule has 5 rings (SSSR count). The lowest BCUT2D eigenvalue weighted by Crippen LogP contribution is -2.53. The molecule has 2 fully saturated rings. The predicted molar refractivity (Wildman–Crippen MR) is 136 cm³/mol. The average Bonchev–Trinajstić information content (AvgIpc) is 3.30. The molecule has 0 amide bonds. The van der Waals surface area contributed by atoms with E-state index in [0.717, 1.165) is 73.4 Å². The largest absolute Gasteiger partial charge is 0.478 e. The first kappa shape index (κ1) is 23.0. The number of hydrogen-bond donors (Lipinski definition) is 1. The molecule has 0 aliphatic carbocycles. The third-order valence-electron chi connectivity index (χ3n) is 7.01. The van der Waals surface area contributed by atoms with Crippen molar-refractivity contribution in [2.75, 3.05) is 40.9 Å². The van der Waals surface area contributed by atoms with Crippen LogP contribution in [0.5, 0.6) is 0 Å². The zero-order valence-electron chi connectivity index (χ0n) is 20.4. The summed E-state index contributed by atoms with van der Waals surface area (Å²) in [7, 11) is 0. The molecule has 182 valence electrons. The van der Waals surface area contributed by atoms with Crippen LogP contribution in [0.2, 0.25) is 0 Å². The van der Waals surface area contributed by atoms with Crippen LogP contribution < -0.4 is 14.7 Å². The van der Waals surface area contributed by atoms with Crippen molar-refractivity contribution < 1.29 is 9.90 Å². The van der Waals surface area contributed by atoms with Crippen LogP contribution in [0, 0.1) is 6.92 Å².